The molecule has 1 unspecified atom stereocenters. The third-order valence-corrected chi connectivity index (χ3v) is 7.16. The van der Waals surface area contributed by atoms with Crippen LogP contribution in [0.4, 0.5) is 14.5 Å². The Bertz CT molecular complexity index is 1150. The molecule has 1 saturated heterocycles. The monoisotopic (exact) mass is 509 g/mol. The van der Waals surface area contributed by atoms with Crippen LogP contribution in [0.3, 0.4) is 0 Å². The first-order chi connectivity index (χ1) is 17.5. The van der Waals surface area contributed by atoms with Gasteiger partial charge in [0.15, 0.2) is 12.2 Å². The van der Waals surface area contributed by atoms with Crippen molar-refractivity contribution in [3.63, 3.8) is 0 Å². The van der Waals surface area contributed by atoms with Gasteiger partial charge in [-0.2, -0.15) is 5.26 Å². The van der Waals surface area contributed by atoms with Gasteiger partial charge in [0.25, 0.3) is 11.8 Å². The van der Waals surface area contributed by atoms with Crippen molar-refractivity contribution >= 4 is 17.5 Å². The number of hydrogen-bond acceptors (Lipinski definition) is 5. The number of benzene rings is 1. The molecule has 2 amide bonds. The maximum absolute atomic E-state index is 14.7. The van der Waals surface area contributed by atoms with Crippen molar-refractivity contribution in [2.75, 3.05) is 11.4 Å². The molecule has 1 aromatic carbocycles. The number of nitriles is 1. The SMILES string of the molecule is CC(C)(C)c1ccc(N(C(=O)[C@@H]2N(C#N)CC2(F)F)C(C(=O)NC2CCCCC2)c2cccnc2)cc1. The summed E-state index contributed by atoms with van der Waals surface area (Å²) in [5.41, 5.74) is 1.51. The normalized spacial score (nSPS) is 20.3. The average Bonchev–Trinajstić information content (AvgIpc) is 2.86. The number of hydrogen-bond donors (Lipinski definition) is 1. The molecule has 1 N–H and O–H groups in total. The number of likely N-dealkylation sites (tertiary alicyclic amines) is 1. The first-order valence-corrected chi connectivity index (χ1v) is 12.7. The van der Waals surface area contributed by atoms with Crippen molar-refractivity contribution in [1.82, 2.24) is 15.2 Å². The Labute approximate surface area is 216 Å². The largest absolute Gasteiger partial charge is 0.351 e. The lowest BCUT2D eigenvalue weighted by Crippen LogP contribution is -2.69. The highest BCUT2D eigenvalue weighted by Gasteiger charge is 2.61. The van der Waals surface area contributed by atoms with Crippen molar-refractivity contribution < 1.29 is 18.4 Å². The lowest BCUT2D eigenvalue weighted by Gasteiger charge is -2.46. The Hall–Kier alpha value is -3.54. The van der Waals surface area contributed by atoms with Gasteiger partial charge in [-0.1, -0.05) is 58.2 Å². The minimum absolute atomic E-state index is 0.0543. The van der Waals surface area contributed by atoms with E-state index >= 15 is 0 Å². The van der Waals surface area contributed by atoms with Crippen LogP contribution in [0.25, 0.3) is 0 Å². The molecule has 2 aromatic rings. The number of carbonyl (C=O) groups is 2. The summed E-state index contributed by atoms with van der Waals surface area (Å²) >= 11 is 0. The van der Waals surface area contributed by atoms with Gasteiger partial charge >= 0.3 is 0 Å². The van der Waals surface area contributed by atoms with E-state index in [2.05, 4.69) is 10.3 Å². The summed E-state index contributed by atoms with van der Waals surface area (Å²) in [5, 5.41) is 12.4. The molecule has 2 heterocycles. The van der Waals surface area contributed by atoms with Gasteiger partial charge in [0.2, 0.25) is 5.91 Å². The third-order valence-electron chi connectivity index (χ3n) is 7.16. The summed E-state index contributed by atoms with van der Waals surface area (Å²) < 4.78 is 29.3. The molecule has 9 heteroatoms. The van der Waals surface area contributed by atoms with E-state index in [1.807, 2.05) is 32.9 Å². The number of rotatable bonds is 6. The third kappa shape index (κ3) is 5.58. The fourth-order valence-electron chi connectivity index (χ4n) is 5.07. The van der Waals surface area contributed by atoms with E-state index in [0.29, 0.717) is 11.3 Å². The van der Waals surface area contributed by atoms with E-state index in [-0.39, 0.29) is 11.5 Å². The fraction of sp³-hybridized carbons (Fsp3) is 0.500. The van der Waals surface area contributed by atoms with Crippen LogP contribution in [0.15, 0.2) is 48.8 Å². The van der Waals surface area contributed by atoms with Crippen molar-refractivity contribution in [2.45, 2.75) is 82.3 Å². The molecular formula is C28H33F2N5O2. The minimum atomic E-state index is -3.39. The van der Waals surface area contributed by atoms with Crippen LogP contribution in [-0.2, 0) is 15.0 Å². The van der Waals surface area contributed by atoms with E-state index < -0.39 is 36.4 Å². The summed E-state index contributed by atoms with van der Waals surface area (Å²) in [5.74, 6) is -4.86. The first-order valence-electron chi connectivity index (χ1n) is 12.7. The zero-order valence-corrected chi connectivity index (χ0v) is 21.5. The highest BCUT2D eigenvalue weighted by Crippen LogP contribution is 2.39. The fourth-order valence-corrected chi connectivity index (χ4v) is 5.07. The summed E-state index contributed by atoms with van der Waals surface area (Å²) in [6.07, 6.45) is 9.43. The lowest BCUT2D eigenvalue weighted by molar-refractivity contribution is -0.174. The second-order valence-electron chi connectivity index (χ2n) is 10.9. The Kier molecular flexibility index (Phi) is 7.49. The summed E-state index contributed by atoms with van der Waals surface area (Å²) in [6.45, 7) is 5.30. The number of nitrogens with one attached hydrogen (secondary N) is 1. The van der Waals surface area contributed by atoms with Gasteiger partial charge in [-0.25, -0.2) is 8.78 Å². The number of nitrogens with zero attached hydrogens (tertiary/aromatic N) is 4. The molecule has 196 valence electrons. The minimum Gasteiger partial charge on any atom is -0.351 e. The van der Waals surface area contributed by atoms with Crippen LogP contribution in [0.2, 0.25) is 0 Å². The number of aromatic nitrogens is 1. The molecule has 4 rings (SSSR count). The number of halogens is 2. The molecule has 7 nitrogen and oxygen atoms in total. The van der Waals surface area contributed by atoms with Crippen molar-refractivity contribution in [2.24, 2.45) is 0 Å². The first kappa shape index (κ1) is 26.5. The highest BCUT2D eigenvalue weighted by molar-refractivity contribution is 6.04. The molecule has 1 saturated carbocycles. The highest BCUT2D eigenvalue weighted by atomic mass is 19.3. The molecular weight excluding hydrogens is 476 g/mol. The molecule has 1 aromatic heterocycles. The Morgan fingerprint density at radius 3 is 2.38 bits per heavy atom. The second kappa shape index (κ2) is 10.4. The Balaban J connectivity index is 1.80. The Morgan fingerprint density at radius 2 is 1.84 bits per heavy atom. The van der Waals surface area contributed by atoms with Gasteiger partial charge in [-0.05, 0) is 42.0 Å². The van der Waals surface area contributed by atoms with E-state index in [1.165, 1.54) is 6.20 Å². The van der Waals surface area contributed by atoms with Crippen molar-refractivity contribution in [1.29, 1.82) is 5.26 Å². The summed E-state index contributed by atoms with van der Waals surface area (Å²) in [6, 6.07) is 7.02. The van der Waals surface area contributed by atoms with Crippen molar-refractivity contribution in [3.8, 4) is 6.19 Å². The zero-order valence-electron chi connectivity index (χ0n) is 21.5. The van der Waals surface area contributed by atoms with Gasteiger partial charge in [-0.15, -0.1) is 0 Å². The number of pyridine rings is 1. The number of carbonyl (C=O) groups excluding carboxylic acids is 2. The number of amides is 2. The van der Waals surface area contributed by atoms with E-state index in [4.69, 9.17) is 0 Å². The molecule has 2 fully saturated rings. The smallest absolute Gasteiger partial charge is 0.295 e. The van der Waals surface area contributed by atoms with Crippen molar-refractivity contribution in [3.05, 3.63) is 59.9 Å². The predicted octanol–water partition coefficient (Wildman–Crippen LogP) is 4.70. The van der Waals surface area contributed by atoms with Gasteiger partial charge in [-0.3, -0.25) is 24.4 Å². The van der Waals surface area contributed by atoms with Crippen LogP contribution in [0.5, 0.6) is 0 Å². The molecule has 1 aliphatic carbocycles. The topological polar surface area (TPSA) is 89.3 Å². The van der Waals surface area contributed by atoms with Gasteiger partial charge in [0.1, 0.15) is 6.04 Å². The summed E-state index contributed by atoms with van der Waals surface area (Å²) in [4.78, 5) is 33.7. The predicted molar refractivity (Wildman–Crippen MR) is 136 cm³/mol. The number of alkyl halides is 2. The second-order valence-corrected chi connectivity index (χ2v) is 10.9. The van der Waals surface area contributed by atoms with E-state index in [0.717, 1.165) is 47.5 Å². The zero-order chi connectivity index (χ0) is 26.8. The standard InChI is InChI=1S/C28H33F2N5O2/c1-27(2,3)20-11-13-22(14-12-20)35(26(37)24-28(29,30)17-34(24)18-31)23(19-8-7-15-32-16-19)25(36)33-21-9-5-4-6-10-21/h7-8,11-16,21,23-24H,4-6,9-10,17H2,1-3H3,(H,33,36)/t23?,24-/m0/s1. The number of anilines is 1. The lowest BCUT2D eigenvalue weighted by atomic mass is 9.87. The van der Waals surface area contributed by atoms with E-state index in [9.17, 15) is 23.6 Å². The molecule has 1 aliphatic heterocycles. The molecule has 0 spiro atoms. The van der Waals surface area contributed by atoms with E-state index in [1.54, 1.807) is 36.7 Å². The van der Waals surface area contributed by atoms with Gasteiger partial charge in [0, 0.05) is 29.7 Å². The molecule has 0 radical (unpaired) electrons. The van der Waals surface area contributed by atoms with Crippen LogP contribution in [0, 0.1) is 11.5 Å². The molecule has 2 atom stereocenters. The quantitative estimate of drug-likeness (QED) is 0.570. The average molecular weight is 510 g/mol. The van der Waals surface area contributed by atoms with Gasteiger partial charge in [0.05, 0.1) is 6.54 Å². The Morgan fingerprint density at radius 1 is 1.16 bits per heavy atom. The molecule has 37 heavy (non-hydrogen) atoms. The van der Waals surface area contributed by atoms with Crippen LogP contribution in [0.1, 0.15) is 70.0 Å². The molecule has 0 bridgehead atoms. The van der Waals surface area contributed by atoms with Gasteiger partial charge < -0.3 is 5.32 Å². The van der Waals surface area contributed by atoms with Crippen LogP contribution < -0.4 is 10.2 Å². The summed E-state index contributed by atoms with van der Waals surface area (Å²) in [7, 11) is 0. The maximum atomic E-state index is 14.7. The maximum Gasteiger partial charge on any atom is 0.295 e. The molecule has 2 aliphatic rings. The van der Waals surface area contributed by atoms with Crippen LogP contribution in [-0.4, -0.2) is 46.2 Å². The van der Waals surface area contributed by atoms with Crippen LogP contribution >= 0.6 is 0 Å².